The van der Waals surface area contributed by atoms with Gasteiger partial charge in [-0.05, 0) is 43.9 Å². The summed E-state index contributed by atoms with van der Waals surface area (Å²) in [4.78, 5) is 14.9. The Morgan fingerprint density at radius 2 is 2.11 bits per heavy atom. The molecular weight excluding hydrogens is 356 g/mol. The van der Waals surface area contributed by atoms with Gasteiger partial charge in [0, 0.05) is 37.6 Å². The van der Waals surface area contributed by atoms with Gasteiger partial charge in [0.15, 0.2) is 11.5 Å². The van der Waals surface area contributed by atoms with Crippen molar-refractivity contribution in [2.75, 3.05) is 6.54 Å². The lowest BCUT2D eigenvalue weighted by Crippen LogP contribution is -2.44. The second kappa shape index (κ2) is 8.73. The molecule has 3 heterocycles. The van der Waals surface area contributed by atoms with Crippen LogP contribution < -0.4 is 4.74 Å². The molecule has 0 bridgehead atoms. The fraction of sp³-hybridized carbons (Fsp3) is 0.381. The fourth-order valence-corrected chi connectivity index (χ4v) is 3.58. The highest BCUT2D eigenvalue weighted by Crippen LogP contribution is 2.23. The maximum absolute atomic E-state index is 13.0. The van der Waals surface area contributed by atoms with Crippen LogP contribution in [0.1, 0.15) is 41.9 Å². The highest BCUT2D eigenvalue weighted by Gasteiger charge is 2.29. The van der Waals surface area contributed by atoms with Gasteiger partial charge in [-0.3, -0.25) is 9.48 Å². The van der Waals surface area contributed by atoms with E-state index in [9.17, 15) is 4.79 Å². The normalized spacial score (nSPS) is 16.9. The summed E-state index contributed by atoms with van der Waals surface area (Å²) in [6.07, 6.45) is 7.78. The zero-order chi connectivity index (χ0) is 19.2. The van der Waals surface area contributed by atoms with Crippen molar-refractivity contribution in [3.05, 3.63) is 66.3 Å². The van der Waals surface area contributed by atoms with Crippen molar-refractivity contribution >= 4 is 5.91 Å². The molecule has 1 aliphatic heterocycles. The van der Waals surface area contributed by atoms with E-state index in [1.54, 1.807) is 12.3 Å². The Balaban J connectivity index is 1.37. The van der Waals surface area contributed by atoms with E-state index in [-0.39, 0.29) is 18.6 Å². The first-order chi connectivity index (χ1) is 13.8. The van der Waals surface area contributed by atoms with Crippen molar-refractivity contribution in [3.8, 4) is 5.75 Å². The molecule has 146 valence electrons. The van der Waals surface area contributed by atoms with E-state index in [1.807, 2.05) is 52.2 Å². The van der Waals surface area contributed by atoms with Crippen molar-refractivity contribution in [1.82, 2.24) is 19.8 Å². The van der Waals surface area contributed by atoms with Gasteiger partial charge in [0.25, 0.3) is 5.91 Å². The third kappa shape index (κ3) is 4.42. The average molecular weight is 380 g/mol. The van der Waals surface area contributed by atoms with Crippen molar-refractivity contribution in [1.29, 1.82) is 0 Å². The molecule has 4 rings (SSSR count). The Bertz CT molecular complexity index is 876. The lowest BCUT2D eigenvalue weighted by atomic mass is 9.99. The summed E-state index contributed by atoms with van der Waals surface area (Å²) in [5.74, 6) is 1.22. The second-order valence-corrected chi connectivity index (χ2v) is 6.99. The number of nitrogens with zero attached hydrogens (tertiary/aromatic N) is 4. The van der Waals surface area contributed by atoms with E-state index < -0.39 is 0 Å². The number of carbonyl (C=O) groups excluding carboxylic acids is 1. The van der Waals surface area contributed by atoms with Crippen LogP contribution in [0.25, 0.3) is 0 Å². The third-order valence-corrected chi connectivity index (χ3v) is 5.04. The van der Waals surface area contributed by atoms with Gasteiger partial charge in [0.1, 0.15) is 12.4 Å². The number of rotatable bonds is 7. The number of piperidine rings is 1. The Hall–Kier alpha value is -3.09. The quantitative estimate of drug-likeness (QED) is 0.627. The molecule has 7 heteroatoms. The van der Waals surface area contributed by atoms with E-state index in [4.69, 9.17) is 9.26 Å². The summed E-state index contributed by atoms with van der Waals surface area (Å²) < 4.78 is 12.9. The molecule has 0 spiro atoms. The molecule has 0 radical (unpaired) electrons. The van der Waals surface area contributed by atoms with Crippen molar-refractivity contribution < 1.29 is 14.1 Å². The van der Waals surface area contributed by atoms with E-state index in [2.05, 4.69) is 10.3 Å². The van der Waals surface area contributed by atoms with Gasteiger partial charge in [-0.2, -0.15) is 5.10 Å². The van der Waals surface area contributed by atoms with Crippen LogP contribution in [0.15, 0.2) is 59.4 Å². The standard InChI is InChI=1S/C21H24N4O3/c26-21(20-15-19(28-23-20)16-27-18-8-2-1-3-9-18)25-13-5-4-7-17(25)10-14-24-12-6-11-22-24/h1-3,6,8-9,11-12,15,17H,4-5,7,10,13-14,16H2/t17-/m1/s1. The van der Waals surface area contributed by atoms with Crippen LogP contribution in [0.3, 0.4) is 0 Å². The second-order valence-electron chi connectivity index (χ2n) is 6.99. The first-order valence-electron chi connectivity index (χ1n) is 9.71. The van der Waals surface area contributed by atoms with Gasteiger partial charge in [-0.1, -0.05) is 23.4 Å². The minimum atomic E-state index is -0.0696. The predicted molar refractivity (Wildman–Crippen MR) is 103 cm³/mol. The summed E-state index contributed by atoms with van der Waals surface area (Å²) in [6, 6.07) is 13.3. The van der Waals surface area contributed by atoms with E-state index in [1.165, 1.54) is 0 Å². The number of para-hydroxylation sites is 1. The maximum atomic E-state index is 13.0. The third-order valence-electron chi connectivity index (χ3n) is 5.04. The van der Waals surface area contributed by atoms with Crippen molar-refractivity contribution in [2.45, 2.75) is 44.9 Å². The van der Waals surface area contributed by atoms with Crippen LogP contribution >= 0.6 is 0 Å². The molecule has 3 aromatic rings. The monoisotopic (exact) mass is 380 g/mol. The van der Waals surface area contributed by atoms with Crippen LogP contribution in [-0.4, -0.2) is 38.3 Å². The summed E-state index contributed by atoms with van der Waals surface area (Å²) >= 11 is 0. The number of aromatic nitrogens is 3. The number of ether oxygens (including phenoxy) is 1. The number of likely N-dealkylation sites (tertiary alicyclic amines) is 1. The molecule has 0 unspecified atom stereocenters. The molecule has 1 atom stereocenters. The highest BCUT2D eigenvalue weighted by atomic mass is 16.5. The van der Waals surface area contributed by atoms with Gasteiger partial charge in [-0.25, -0.2) is 0 Å². The lowest BCUT2D eigenvalue weighted by Gasteiger charge is -2.35. The summed E-state index contributed by atoms with van der Waals surface area (Å²) in [5.41, 5.74) is 0.345. The smallest absolute Gasteiger partial charge is 0.276 e. The SMILES string of the molecule is O=C(c1cc(COc2ccccc2)on1)N1CCCC[C@@H]1CCn1cccn1. The fourth-order valence-electron chi connectivity index (χ4n) is 3.58. The minimum absolute atomic E-state index is 0.0696. The molecule has 0 saturated carbocycles. The van der Waals surface area contributed by atoms with Gasteiger partial charge in [0.2, 0.25) is 0 Å². The average Bonchev–Trinajstić information content (AvgIpc) is 3.43. The van der Waals surface area contributed by atoms with Gasteiger partial charge < -0.3 is 14.2 Å². The summed E-state index contributed by atoms with van der Waals surface area (Å²) in [6.45, 7) is 1.80. The molecule has 0 N–H and O–H groups in total. The number of hydrogen-bond donors (Lipinski definition) is 0. The van der Waals surface area contributed by atoms with Crippen molar-refractivity contribution in [2.24, 2.45) is 0 Å². The highest BCUT2D eigenvalue weighted by molar-refractivity contribution is 5.92. The summed E-state index contributed by atoms with van der Waals surface area (Å²) in [5, 5.41) is 8.23. The molecule has 1 aliphatic rings. The molecule has 1 fully saturated rings. The molecule has 1 amide bonds. The zero-order valence-corrected chi connectivity index (χ0v) is 15.7. The van der Waals surface area contributed by atoms with Crippen molar-refractivity contribution in [3.63, 3.8) is 0 Å². The van der Waals surface area contributed by atoms with E-state index in [0.29, 0.717) is 11.5 Å². The molecule has 0 aliphatic carbocycles. The Morgan fingerprint density at radius 1 is 1.21 bits per heavy atom. The number of hydrogen-bond acceptors (Lipinski definition) is 5. The first kappa shape index (κ1) is 18.3. The number of benzene rings is 1. The molecule has 2 aromatic heterocycles. The molecule has 28 heavy (non-hydrogen) atoms. The Morgan fingerprint density at radius 3 is 2.93 bits per heavy atom. The van der Waals surface area contributed by atoms with E-state index in [0.717, 1.165) is 44.5 Å². The Labute approximate surface area is 163 Å². The van der Waals surface area contributed by atoms with Crippen LogP contribution in [0.5, 0.6) is 5.75 Å². The first-order valence-corrected chi connectivity index (χ1v) is 9.71. The predicted octanol–water partition coefficient (Wildman–Crippen LogP) is 3.54. The number of aryl methyl sites for hydroxylation is 1. The van der Waals surface area contributed by atoms with Gasteiger partial charge in [0.05, 0.1) is 0 Å². The maximum Gasteiger partial charge on any atom is 0.276 e. The van der Waals surface area contributed by atoms with Gasteiger partial charge >= 0.3 is 0 Å². The van der Waals surface area contributed by atoms with Crippen LogP contribution in [0.4, 0.5) is 0 Å². The number of carbonyl (C=O) groups is 1. The lowest BCUT2D eigenvalue weighted by molar-refractivity contribution is 0.0583. The topological polar surface area (TPSA) is 73.4 Å². The van der Waals surface area contributed by atoms with E-state index >= 15 is 0 Å². The van der Waals surface area contributed by atoms with Crippen LogP contribution in [0, 0.1) is 0 Å². The van der Waals surface area contributed by atoms with Crippen LogP contribution in [-0.2, 0) is 13.2 Å². The molecule has 1 saturated heterocycles. The minimum Gasteiger partial charge on any atom is -0.486 e. The molecule has 1 aromatic carbocycles. The van der Waals surface area contributed by atoms with Gasteiger partial charge in [-0.15, -0.1) is 0 Å². The summed E-state index contributed by atoms with van der Waals surface area (Å²) in [7, 11) is 0. The largest absolute Gasteiger partial charge is 0.486 e. The molecular formula is C21H24N4O3. The number of amides is 1. The zero-order valence-electron chi connectivity index (χ0n) is 15.7. The Kier molecular flexibility index (Phi) is 5.70. The van der Waals surface area contributed by atoms with Crippen LogP contribution in [0.2, 0.25) is 0 Å². The molecule has 7 nitrogen and oxygen atoms in total.